The van der Waals surface area contributed by atoms with E-state index in [9.17, 15) is 0 Å². The predicted octanol–water partition coefficient (Wildman–Crippen LogP) is 3.87. The van der Waals surface area contributed by atoms with Gasteiger partial charge in [-0.3, -0.25) is 0 Å². The maximum absolute atomic E-state index is 6.01. The Hall–Kier alpha value is -3.35. The first-order chi connectivity index (χ1) is 13.2. The molecular formula is C20H19N5O2. The summed E-state index contributed by atoms with van der Waals surface area (Å²) in [5.74, 6) is 0.756. The lowest BCUT2D eigenvalue weighted by atomic mass is 9.89. The summed E-state index contributed by atoms with van der Waals surface area (Å²) in [7, 11) is 0. The number of hydrogen-bond donors (Lipinski definition) is 2. The molecule has 3 aromatic rings. The van der Waals surface area contributed by atoms with Gasteiger partial charge in [0.25, 0.3) is 6.02 Å². The van der Waals surface area contributed by atoms with Gasteiger partial charge in [0.05, 0.1) is 5.69 Å². The number of hydrogen-bond acceptors (Lipinski definition) is 7. The quantitative estimate of drug-likeness (QED) is 0.735. The number of ether oxygens (including phenoxy) is 1. The molecule has 136 valence electrons. The van der Waals surface area contributed by atoms with Gasteiger partial charge in [-0.05, 0) is 42.2 Å². The average Bonchev–Trinajstić information content (AvgIpc) is 3.27. The monoisotopic (exact) mass is 361 g/mol. The van der Waals surface area contributed by atoms with E-state index in [1.165, 1.54) is 11.1 Å². The van der Waals surface area contributed by atoms with Crippen molar-refractivity contribution in [3.05, 3.63) is 65.0 Å². The van der Waals surface area contributed by atoms with E-state index in [1.54, 1.807) is 6.92 Å². The van der Waals surface area contributed by atoms with Gasteiger partial charge in [-0.25, -0.2) is 0 Å². The highest BCUT2D eigenvalue weighted by molar-refractivity contribution is 5.79. The van der Waals surface area contributed by atoms with E-state index in [1.807, 2.05) is 18.2 Å². The van der Waals surface area contributed by atoms with Gasteiger partial charge in [-0.2, -0.15) is 4.99 Å². The van der Waals surface area contributed by atoms with Gasteiger partial charge in [0.15, 0.2) is 0 Å². The summed E-state index contributed by atoms with van der Waals surface area (Å²) in [4.78, 5) is 4.37. The third kappa shape index (κ3) is 2.81. The van der Waals surface area contributed by atoms with Crippen LogP contribution in [0.3, 0.4) is 0 Å². The second-order valence-corrected chi connectivity index (χ2v) is 6.86. The van der Waals surface area contributed by atoms with Crippen molar-refractivity contribution in [2.24, 2.45) is 10.7 Å². The van der Waals surface area contributed by atoms with Gasteiger partial charge >= 0.3 is 6.01 Å². The number of rotatable bonds is 3. The number of nitrogens with zero attached hydrogens (tertiary/aromatic N) is 3. The number of aliphatic imine (C=N–C) groups is 1. The molecule has 1 unspecified atom stereocenters. The van der Waals surface area contributed by atoms with Gasteiger partial charge < -0.3 is 20.2 Å². The molecule has 1 aliphatic heterocycles. The Morgan fingerprint density at radius 3 is 2.85 bits per heavy atom. The van der Waals surface area contributed by atoms with Crippen LogP contribution in [0.4, 0.5) is 17.4 Å². The number of anilines is 2. The number of benzene rings is 2. The molecule has 0 amide bonds. The predicted molar refractivity (Wildman–Crippen MR) is 101 cm³/mol. The van der Waals surface area contributed by atoms with E-state index in [-0.39, 0.29) is 18.0 Å². The molecular weight excluding hydrogens is 342 g/mol. The first-order valence-corrected chi connectivity index (χ1v) is 8.97. The summed E-state index contributed by atoms with van der Waals surface area (Å²) >= 11 is 0. The Kier molecular flexibility index (Phi) is 3.60. The molecule has 3 N–H and O–H groups in total. The third-order valence-electron chi connectivity index (χ3n) is 5.13. The molecule has 7 nitrogen and oxygen atoms in total. The minimum atomic E-state index is -0.174. The number of amidine groups is 1. The fraction of sp³-hybridized carbons (Fsp3) is 0.250. The Morgan fingerprint density at radius 2 is 2.00 bits per heavy atom. The molecule has 2 aromatic carbocycles. The zero-order valence-corrected chi connectivity index (χ0v) is 14.8. The van der Waals surface area contributed by atoms with Crippen molar-refractivity contribution in [3.8, 4) is 0 Å². The number of nitrogens with one attached hydrogen (secondary N) is 1. The number of aryl methyl sites for hydroxylation is 2. The summed E-state index contributed by atoms with van der Waals surface area (Å²) in [6.45, 7) is 1.75. The van der Waals surface area contributed by atoms with E-state index < -0.39 is 0 Å². The highest BCUT2D eigenvalue weighted by atomic mass is 16.5. The molecule has 0 fully saturated rings. The molecule has 2 heterocycles. The fourth-order valence-corrected chi connectivity index (χ4v) is 3.97. The molecule has 0 spiro atoms. The second-order valence-electron chi connectivity index (χ2n) is 6.86. The SMILES string of the molecule is Cc1nnc(Nc2ccc3c(c2)[C@@H](C2CCc4ccccc42)OC(N)=N3)o1. The number of fused-ring (bicyclic) bond motifs is 2. The molecule has 5 rings (SSSR count). The Balaban J connectivity index is 1.52. The first-order valence-electron chi connectivity index (χ1n) is 8.97. The van der Waals surface area contributed by atoms with E-state index in [0.717, 1.165) is 29.8 Å². The summed E-state index contributed by atoms with van der Waals surface area (Å²) in [5, 5.41) is 11.0. The molecule has 7 heteroatoms. The normalized spacial score (nSPS) is 20.4. The Morgan fingerprint density at radius 1 is 1.11 bits per heavy atom. The molecule has 0 saturated carbocycles. The van der Waals surface area contributed by atoms with Crippen molar-refractivity contribution in [3.63, 3.8) is 0 Å². The third-order valence-corrected chi connectivity index (χ3v) is 5.13. The Bertz CT molecular complexity index is 1040. The average molecular weight is 361 g/mol. The van der Waals surface area contributed by atoms with Crippen LogP contribution in [0.15, 0.2) is 51.9 Å². The standard InChI is InChI=1S/C20H19N5O2/c1-11-24-25-20(26-11)22-13-7-9-17-16(10-13)18(27-19(21)23-17)15-8-6-12-4-2-3-5-14(12)15/h2-5,7,9-10,15,18H,6,8H2,1H3,(H2,21,23)(H,22,25)/t15?,18-/m1/s1. The molecule has 0 radical (unpaired) electrons. The van der Waals surface area contributed by atoms with Crippen molar-refractivity contribution < 1.29 is 9.15 Å². The van der Waals surface area contributed by atoms with Gasteiger partial charge in [0, 0.05) is 24.1 Å². The van der Waals surface area contributed by atoms with Crippen molar-refractivity contribution >= 4 is 23.4 Å². The molecule has 1 aliphatic carbocycles. The van der Waals surface area contributed by atoms with E-state index >= 15 is 0 Å². The lowest BCUT2D eigenvalue weighted by molar-refractivity contribution is 0.151. The molecule has 2 atom stereocenters. The van der Waals surface area contributed by atoms with Crippen LogP contribution in [-0.4, -0.2) is 16.2 Å². The van der Waals surface area contributed by atoms with Crippen LogP contribution in [0.2, 0.25) is 0 Å². The van der Waals surface area contributed by atoms with Gasteiger partial charge in [0.2, 0.25) is 5.89 Å². The van der Waals surface area contributed by atoms with Crippen molar-refractivity contribution in [1.29, 1.82) is 0 Å². The maximum atomic E-state index is 6.01. The van der Waals surface area contributed by atoms with E-state index in [0.29, 0.717) is 11.9 Å². The minimum Gasteiger partial charge on any atom is -0.456 e. The van der Waals surface area contributed by atoms with Crippen LogP contribution in [0.1, 0.15) is 41.0 Å². The van der Waals surface area contributed by atoms with Gasteiger partial charge in [-0.1, -0.05) is 29.4 Å². The minimum absolute atomic E-state index is 0.174. The smallest absolute Gasteiger partial charge is 0.320 e. The second kappa shape index (κ2) is 6.12. The first kappa shape index (κ1) is 15.9. The zero-order valence-electron chi connectivity index (χ0n) is 14.8. The lowest BCUT2D eigenvalue weighted by Crippen LogP contribution is -2.26. The summed E-state index contributed by atoms with van der Waals surface area (Å²) in [6, 6.07) is 15.0. The molecule has 1 aromatic heterocycles. The van der Waals surface area contributed by atoms with Crippen molar-refractivity contribution in [1.82, 2.24) is 10.2 Å². The molecule has 2 aliphatic rings. The van der Waals surface area contributed by atoms with Crippen LogP contribution in [0.25, 0.3) is 0 Å². The van der Waals surface area contributed by atoms with Crippen LogP contribution in [-0.2, 0) is 11.2 Å². The van der Waals surface area contributed by atoms with Gasteiger partial charge in [-0.15, -0.1) is 5.10 Å². The Labute approximate surface area is 156 Å². The highest BCUT2D eigenvalue weighted by Crippen LogP contribution is 2.47. The molecule has 0 saturated heterocycles. The largest absolute Gasteiger partial charge is 0.456 e. The summed E-state index contributed by atoms with van der Waals surface area (Å²) < 4.78 is 11.4. The summed E-state index contributed by atoms with van der Waals surface area (Å²) in [5.41, 5.74) is 11.4. The maximum Gasteiger partial charge on any atom is 0.320 e. The van der Waals surface area contributed by atoms with Gasteiger partial charge in [0.1, 0.15) is 6.10 Å². The molecule has 0 bridgehead atoms. The summed E-state index contributed by atoms with van der Waals surface area (Å²) in [6.07, 6.45) is 1.90. The van der Waals surface area contributed by atoms with Crippen molar-refractivity contribution in [2.45, 2.75) is 31.8 Å². The van der Waals surface area contributed by atoms with E-state index in [2.05, 4.69) is 44.8 Å². The van der Waals surface area contributed by atoms with Crippen molar-refractivity contribution in [2.75, 3.05) is 5.32 Å². The molecule has 27 heavy (non-hydrogen) atoms. The van der Waals surface area contributed by atoms with Crippen LogP contribution in [0.5, 0.6) is 0 Å². The van der Waals surface area contributed by atoms with E-state index in [4.69, 9.17) is 14.9 Å². The number of aromatic nitrogens is 2. The van der Waals surface area contributed by atoms with Crippen LogP contribution >= 0.6 is 0 Å². The zero-order chi connectivity index (χ0) is 18.4. The van der Waals surface area contributed by atoms with Crippen LogP contribution in [0, 0.1) is 6.92 Å². The highest BCUT2D eigenvalue weighted by Gasteiger charge is 2.36. The lowest BCUT2D eigenvalue weighted by Gasteiger charge is -2.29. The number of nitrogens with two attached hydrogens (primary N) is 1. The topological polar surface area (TPSA) is 98.6 Å². The van der Waals surface area contributed by atoms with Crippen LogP contribution < -0.4 is 11.1 Å². The fourth-order valence-electron chi connectivity index (χ4n) is 3.97.